The molecule has 1 N–H and O–H groups in total. The Hall–Kier alpha value is -5.07. The second-order valence-electron chi connectivity index (χ2n) is 10.9. The molecule has 0 saturated carbocycles. The normalized spacial score (nSPS) is 15.2. The van der Waals surface area contributed by atoms with E-state index in [0.29, 0.717) is 61.0 Å². The van der Waals surface area contributed by atoms with Crippen LogP contribution in [0.1, 0.15) is 59.8 Å². The second-order valence-corrected chi connectivity index (χ2v) is 12.3. The number of nitrogens with zero attached hydrogens (tertiary/aromatic N) is 2. The Morgan fingerprint density at radius 3 is 2.69 bits per heavy atom. The average molecular weight is 691 g/mol. The van der Waals surface area contributed by atoms with Gasteiger partial charge in [-0.1, -0.05) is 54.5 Å². The highest BCUT2D eigenvalue weighted by molar-refractivity contribution is 7.07. The van der Waals surface area contributed by atoms with Gasteiger partial charge in [-0.3, -0.25) is 9.36 Å². The van der Waals surface area contributed by atoms with Crippen molar-refractivity contribution < 1.29 is 38.4 Å². The van der Waals surface area contributed by atoms with Crippen LogP contribution in [0.15, 0.2) is 75.7 Å². The number of thiazole rings is 1. The largest absolute Gasteiger partial charge is 0.493 e. The smallest absolute Gasteiger partial charge is 0.338 e. The number of esters is 1. The first kappa shape index (κ1) is 32.9. The molecular weight excluding hydrogens is 660 g/mol. The zero-order valence-electron chi connectivity index (χ0n) is 26.3. The van der Waals surface area contributed by atoms with Crippen LogP contribution in [-0.4, -0.2) is 42.1 Å². The fourth-order valence-corrected chi connectivity index (χ4v) is 6.88. The molecule has 13 heteroatoms. The summed E-state index contributed by atoms with van der Waals surface area (Å²) in [5.74, 6) is 0.110. The van der Waals surface area contributed by atoms with Crippen LogP contribution in [0.5, 0.6) is 23.0 Å². The number of halogens is 1. The summed E-state index contributed by atoms with van der Waals surface area (Å²) in [5.41, 5.74) is 2.51. The van der Waals surface area contributed by atoms with E-state index in [4.69, 9.17) is 40.3 Å². The molecule has 0 fully saturated rings. The van der Waals surface area contributed by atoms with Gasteiger partial charge in [0.15, 0.2) is 27.8 Å². The molecule has 11 nitrogen and oxygen atoms in total. The van der Waals surface area contributed by atoms with E-state index in [1.54, 1.807) is 49.4 Å². The van der Waals surface area contributed by atoms with Gasteiger partial charge in [0.1, 0.15) is 6.61 Å². The van der Waals surface area contributed by atoms with Crippen LogP contribution >= 0.6 is 22.9 Å². The van der Waals surface area contributed by atoms with Crippen LogP contribution in [0.25, 0.3) is 6.08 Å². The summed E-state index contributed by atoms with van der Waals surface area (Å²) in [6, 6.07) is 14.3. The fourth-order valence-electron chi connectivity index (χ4n) is 5.58. The van der Waals surface area contributed by atoms with E-state index >= 15 is 0 Å². The first-order chi connectivity index (χ1) is 23.2. The minimum Gasteiger partial charge on any atom is -0.493 e. The summed E-state index contributed by atoms with van der Waals surface area (Å²) in [6.07, 6.45) is 2.92. The lowest BCUT2D eigenvalue weighted by molar-refractivity contribution is -0.139. The molecule has 4 aromatic rings. The molecule has 0 unspecified atom stereocenters. The topological polar surface area (TPSA) is 135 Å². The number of hydrogen-bond acceptors (Lipinski definition) is 10. The predicted octanol–water partition coefficient (Wildman–Crippen LogP) is 5.25. The zero-order valence-corrected chi connectivity index (χ0v) is 27.9. The molecule has 48 heavy (non-hydrogen) atoms. The van der Waals surface area contributed by atoms with Gasteiger partial charge in [-0.05, 0) is 72.5 Å². The number of carboxylic acid groups (broad SMARTS) is 1. The van der Waals surface area contributed by atoms with Gasteiger partial charge in [0.25, 0.3) is 5.56 Å². The van der Waals surface area contributed by atoms with E-state index in [1.165, 1.54) is 35.1 Å². The maximum atomic E-state index is 14.2. The van der Waals surface area contributed by atoms with Gasteiger partial charge in [-0.15, -0.1) is 0 Å². The summed E-state index contributed by atoms with van der Waals surface area (Å²) in [6.45, 7) is 4.02. The molecule has 0 radical (unpaired) electrons. The number of benzene rings is 3. The van der Waals surface area contributed by atoms with E-state index in [2.05, 4.69) is 0 Å². The third kappa shape index (κ3) is 6.41. The van der Waals surface area contributed by atoms with Gasteiger partial charge in [-0.25, -0.2) is 14.6 Å². The monoisotopic (exact) mass is 690 g/mol. The van der Waals surface area contributed by atoms with Crippen molar-refractivity contribution in [1.82, 2.24) is 4.57 Å². The van der Waals surface area contributed by atoms with Crippen LogP contribution in [0.2, 0.25) is 5.02 Å². The number of fused-ring (bicyclic) bond motifs is 2. The molecule has 0 aliphatic carbocycles. The zero-order chi connectivity index (χ0) is 33.9. The molecule has 2 aliphatic rings. The second kappa shape index (κ2) is 14.0. The number of hydrogen-bond donors (Lipinski definition) is 1. The highest BCUT2D eigenvalue weighted by Gasteiger charge is 2.35. The summed E-state index contributed by atoms with van der Waals surface area (Å²) in [7, 11) is 1.47. The highest BCUT2D eigenvalue weighted by atomic mass is 35.5. The minimum atomic E-state index is -1.04. The van der Waals surface area contributed by atoms with Crippen molar-refractivity contribution >= 4 is 41.0 Å². The van der Waals surface area contributed by atoms with E-state index < -0.39 is 18.0 Å². The van der Waals surface area contributed by atoms with Crippen molar-refractivity contribution in [3.63, 3.8) is 0 Å². The third-order valence-electron chi connectivity index (χ3n) is 7.71. The number of aromatic carboxylic acids is 1. The predicted molar refractivity (Wildman–Crippen MR) is 178 cm³/mol. The number of allylic oxidation sites excluding steroid dienone is 1. The summed E-state index contributed by atoms with van der Waals surface area (Å²) in [4.78, 5) is 44.3. The minimum absolute atomic E-state index is 0.0535. The Bertz CT molecular complexity index is 2140. The third-order valence-corrected chi connectivity index (χ3v) is 8.97. The molecule has 0 saturated heterocycles. The molecule has 2 aliphatic heterocycles. The van der Waals surface area contributed by atoms with Crippen molar-refractivity contribution in [2.75, 3.05) is 20.5 Å². The maximum absolute atomic E-state index is 14.2. The number of aromatic nitrogens is 1. The highest BCUT2D eigenvalue weighted by Crippen LogP contribution is 2.39. The molecule has 0 spiro atoms. The Morgan fingerprint density at radius 1 is 1.12 bits per heavy atom. The van der Waals surface area contributed by atoms with Crippen molar-refractivity contribution in [1.29, 1.82) is 0 Å². The standard InChI is InChI=1S/C35H31ClN2O9S/c1-4-7-24-29(34(42)44-5-2)30(21-10-11-25-26(16-21)47-18-46-25)38-32(39)28(48-35(38)37-24)15-20-13-23(36)31(27(14-20)43-3)45-17-19-8-6-9-22(12-19)33(40)41/h6,8-16,30H,4-5,7,17-18H2,1-3H3,(H,40,41)/b28-15+/t30-/m1/s1. The van der Waals surface area contributed by atoms with Crippen molar-refractivity contribution in [2.24, 2.45) is 4.99 Å². The molecule has 1 aromatic heterocycles. The molecule has 6 rings (SSSR count). The van der Waals surface area contributed by atoms with Crippen molar-refractivity contribution in [3.8, 4) is 23.0 Å². The number of rotatable bonds is 11. The van der Waals surface area contributed by atoms with Gasteiger partial charge in [0.05, 0.1) is 46.1 Å². The summed E-state index contributed by atoms with van der Waals surface area (Å²) in [5, 5.41) is 9.53. The van der Waals surface area contributed by atoms with Crippen LogP contribution in [0, 0.1) is 0 Å². The molecule has 0 amide bonds. The van der Waals surface area contributed by atoms with Crippen LogP contribution in [-0.2, 0) is 16.1 Å². The van der Waals surface area contributed by atoms with Gasteiger partial charge < -0.3 is 28.8 Å². The molecule has 1 atom stereocenters. The number of carbonyl (C=O) groups is 2. The lowest BCUT2D eigenvalue weighted by atomic mass is 9.94. The SMILES string of the molecule is CCCC1=C(C(=O)OCC)[C@@H](c2ccc3c(c2)OCO3)n2c(s/c(=C/c3cc(Cl)c(OCc4cccc(C(=O)O)c4)c(OC)c3)c2=O)=N1. The van der Waals surface area contributed by atoms with E-state index in [1.807, 2.05) is 13.0 Å². The van der Waals surface area contributed by atoms with Gasteiger partial charge >= 0.3 is 11.9 Å². The van der Waals surface area contributed by atoms with E-state index in [0.717, 1.165) is 6.42 Å². The average Bonchev–Trinajstić information content (AvgIpc) is 3.67. The first-order valence-corrected chi connectivity index (χ1v) is 16.4. The summed E-state index contributed by atoms with van der Waals surface area (Å²) >= 11 is 7.85. The van der Waals surface area contributed by atoms with Gasteiger partial charge in [0, 0.05) is 0 Å². The summed E-state index contributed by atoms with van der Waals surface area (Å²) < 4.78 is 30.0. The molecular formula is C35H31ClN2O9S. The van der Waals surface area contributed by atoms with Crippen molar-refractivity contribution in [2.45, 2.75) is 39.3 Å². The maximum Gasteiger partial charge on any atom is 0.338 e. The van der Waals surface area contributed by atoms with Crippen LogP contribution in [0.4, 0.5) is 0 Å². The quantitative estimate of drug-likeness (QED) is 0.210. The lowest BCUT2D eigenvalue weighted by Crippen LogP contribution is -2.40. The Labute approximate surface area is 283 Å². The van der Waals surface area contributed by atoms with E-state index in [9.17, 15) is 19.5 Å². The van der Waals surface area contributed by atoms with Gasteiger partial charge in [0.2, 0.25) is 6.79 Å². The number of carboxylic acids is 1. The van der Waals surface area contributed by atoms with Crippen LogP contribution < -0.4 is 33.8 Å². The number of carbonyl (C=O) groups excluding carboxylic acids is 1. The van der Waals surface area contributed by atoms with Gasteiger partial charge in [-0.2, -0.15) is 0 Å². The Kier molecular flexibility index (Phi) is 9.56. The Morgan fingerprint density at radius 2 is 1.94 bits per heavy atom. The number of methoxy groups -OCH3 is 1. The number of ether oxygens (including phenoxy) is 5. The molecule has 3 heterocycles. The molecule has 3 aromatic carbocycles. The lowest BCUT2D eigenvalue weighted by Gasteiger charge is -2.25. The van der Waals surface area contributed by atoms with E-state index in [-0.39, 0.29) is 41.9 Å². The molecule has 0 bridgehead atoms. The van der Waals surface area contributed by atoms with Crippen molar-refractivity contribution in [3.05, 3.63) is 113 Å². The fraction of sp³-hybridized carbons (Fsp3) is 0.257. The first-order valence-electron chi connectivity index (χ1n) is 15.2. The molecule has 248 valence electrons. The Balaban J connectivity index is 1.42. The van der Waals surface area contributed by atoms with Crippen LogP contribution in [0.3, 0.4) is 0 Å².